The lowest BCUT2D eigenvalue weighted by molar-refractivity contribution is 0.405. The van der Waals surface area contributed by atoms with Crippen LogP contribution in [0.15, 0.2) is 30.5 Å². The first-order valence-electron chi connectivity index (χ1n) is 6.22. The van der Waals surface area contributed by atoms with Crippen LogP contribution in [0.4, 0.5) is 11.6 Å². The third-order valence-corrected chi connectivity index (χ3v) is 2.88. The summed E-state index contributed by atoms with van der Waals surface area (Å²) in [5.41, 5.74) is 1.55. The zero-order chi connectivity index (χ0) is 15.2. The van der Waals surface area contributed by atoms with Crippen LogP contribution in [-0.2, 0) is 0 Å². The van der Waals surface area contributed by atoms with Gasteiger partial charge in [-0.15, -0.1) is 0 Å². The molecule has 1 aromatic heterocycles. The number of aryl methyl sites for hydroxylation is 1. The molecule has 2 rings (SSSR count). The monoisotopic (exact) mass is 304 g/mol. The standard InChI is InChI=1S/C14H16N4O2S/c1-9-6-7-15-13(16-9)18-14(21)17-11-8-10(19-2)4-5-12(11)20-3/h4-8H,1-3H3,(H2,15,16,17,18,21). The Kier molecular flexibility index (Phi) is 4.89. The molecule has 6 nitrogen and oxygen atoms in total. The van der Waals surface area contributed by atoms with Gasteiger partial charge in [0.1, 0.15) is 11.5 Å². The molecule has 7 heteroatoms. The Morgan fingerprint density at radius 3 is 2.62 bits per heavy atom. The van der Waals surface area contributed by atoms with Crippen molar-refractivity contribution in [2.24, 2.45) is 0 Å². The summed E-state index contributed by atoms with van der Waals surface area (Å²) in [5, 5.41) is 6.33. The summed E-state index contributed by atoms with van der Waals surface area (Å²) in [6, 6.07) is 7.22. The maximum atomic E-state index is 5.28. The molecule has 1 aromatic carbocycles. The molecular formula is C14H16N4O2S. The van der Waals surface area contributed by atoms with E-state index in [1.54, 1.807) is 32.5 Å². The zero-order valence-corrected chi connectivity index (χ0v) is 12.8. The van der Waals surface area contributed by atoms with Crippen molar-refractivity contribution in [2.75, 3.05) is 24.9 Å². The van der Waals surface area contributed by atoms with Gasteiger partial charge in [-0.2, -0.15) is 0 Å². The molecule has 0 aliphatic heterocycles. The Morgan fingerprint density at radius 1 is 1.14 bits per heavy atom. The number of hydrogen-bond donors (Lipinski definition) is 2. The fourth-order valence-electron chi connectivity index (χ4n) is 1.68. The van der Waals surface area contributed by atoms with E-state index in [9.17, 15) is 0 Å². The average Bonchev–Trinajstić information content (AvgIpc) is 2.47. The summed E-state index contributed by atoms with van der Waals surface area (Å²) in [7, 11) is 3.19. The zero-order valence-electron chi connectivity index (χ0n) is 12.0. The first kappa shape index (κ1) is 15.0. The van der Waals surface area contributed by atoms with Gasteiger partial charge in [-0.25, -0.2) is 9.97 Å². The van der Waals surface area contributed by atoms with E-state index in [-0.39, 0.29) is 0 Å². The Hall–Kier alpha value is -2.41. The van der Waals surface area contributed by atoms with Crippen LogP contribution < -0.4 is 20.1 Å². The van der Waals surface area contributed by atoms with Gasteiger partial charge in [0.2, 0.25) is 5.95 Å². The molecule has 0 atom stereocenters. The van der Waals surface area contributed by atoms with E-state index in [0.717, 1.165) is 5.69 Å². The van der Waals surface area contributed by atoms with Crippen LogP contribution in [0.2, 0.25) is 0 Å². The summed E-state index contributed by atoms with van der Waals surface area (Å²) >= 11 is 5.25. The second kappa shape index (κ2) is 6.85. The Labute approximate surface area is 128 Å². The smallest absolute Gasteiger partial charge is 0.229 e. The van der Waals surface area contributed by atoms with E-state index in [1.807, 2.05) is 19.1 Å². The SMILES string of the molecule is COc1ccc(OC)c(NC(=S)Nc2nccc(C)n2)c1. The predicted molar refractivity (Wildman–Crippen MR) is 86.2 cm³/mol. The van der Waals surface area contributed by atoms with Crippen LogP contribution >= 0.6 is 12.2 Å². The van der Waals surface area contributed by atoms with Crippen molar-refractivity contribution in [1.29, 1.82) is 0 Å². The first-order chi connectivity index (χ1) is 10.1. The summed E-state index contributed by atoms with van der Waals surface area (Å²) in [6.07, 6.45) is 1.67. The Balaban J connectivity index is 2.12. The molecule has 0 radical (unpaired) electrons. The second-order valence-corrected chi connectivity index (χ2v) is 4.58. The molecule has 2 N–H and O–H groups in total. The minimum atomic E-state index is 0.368. The molecule has 0 bridgehead atoms. The maximum absolute atomic E-state index is 5.28. The molecule has 0 saturated heterocycles. The number of hydrogen-bond acceptors (Lipinski definition) is 5. The van der Waals surface area contributed by atoms with Gasteiger partial charge in [0.15, 0.2) is 5.11 Å². The molecule has 0 fully saturated rings. The fourth-order valence-corrected chi connectivity index (χ4v) is 1.88. The second-order valence-electron chi connectivity index (χ2n) is 4.17. The van der Waals surface area contributed by atoms with Crippen LogP contribution in [0.1, 0.15) is 5.69 Å². The fraction of sp³-hybridized carbons (Fsp3) is 0.214. The van der Waals surface area contributed by atoms with Gasteiger partial charge in [-0.05, 0) is 37.3 Å². The van der Waals surface area contributed by atoms with Gasteiger partial charge >= 0.3 is 0 Å². The highest BCUT2D eigenvalue weighted by Crippen LogP contribution is 2.28. The number of methoxy groups -OCH3 is 2. The van der Waals surface area contributed by atoms with E-state index in [0.29, 0.717) is 28.2 Å². The van der Waals surface area contributed by atoms with Crippen molar-refractivity contribution in [3.8, 4) is 11.5 Å². The van der Waals surface area contributed by atoms with Crippen molar-refractivity contribution in [2.45, 2.75) is 6.92 Å². The van der Waals surface area contributed by atoms with Crippen molar-refractivity contribution < 1.29 is 9.47 Å². The van der Waals surface area contributed by atoms with Crippen molar-refractivity contribution in [1.82, 2.24) is 9.97 Å². The summed E-state index contributed by atoms with van der Waals surface area (Å²) in [4.78, 5) is 8.32. The third-order valence-electron chi connectivity index (χ3n) is 2.67. The number of anilines is 2. The highest BCUT2D eigenvalue weighted by Gasteiger charge is 2.08. The molecule has 1 heterocycles. The number of aromatic nitrogens is 2. The van der Waals surface area contributed by atoms with Gasteiger partial charge < -0.3 is 20.1 Å². The number of benzene rings is 1. The molecule has 21 heavy (non-hydrogen) atoms. The largest absolute Gasteiger partial charge is 0.497 e. The van der Waals surface area contributed by atoms with Gasteiger partial charge in [-0.3, -0.25) is 0 Å². The average molecular weight is 304 g/mol. The molecule has 0 aliphatic carbocycles. The van der Waals surface area contributed by atoms with Gasteiger partial charge in [0.05, 0.1) is 19.9 Å². The van der Waals surface area contributed by atoms with Gasteiger partial charge in [0, 0.05) is 18.0 Å². The Bertz CT molecular complexity index is 649. The van der Waals surface area contributed by atoms with Gasteiger partial charge in [-0.1, -0.05) is 0 Å². The molecule has 2 aromatic rings. The lowest BCUT2D eigenvalue weighted by Crippen LogP contribution is -2.21. The van der Waals surface area contributed by atoms with Crippen LogP contribution in [0.3, 0.4) is 0 Å². The minimum absolute atomic E-state index is 0.368. The molecule has 110 valence electrons. The number of thiocarbonyl (C=S) groups is 1. The summed E-state index contributed by atoms with van der Waals surface area (Å²) in [5.74, 6) is 1.80. The quantitative estimate of drug-likeness (QED) is 0.841. The number of nitrogens with zero attached hydrogens (tertiary/aromatic N) is 2. The normalized spacial score (nSPS) is 9.86. The van der Waals surface area contributed by atoms with E-state index >= 15 is 0 Å². The molecule has 0 amide bonds. The number of ether oxygens (including phenoxy) is 2. The van der Waals surface area contributed by atoms with Crippen LogP contribution in [0.5, 0.6) is 11.5 Å². The molecular weight excluding hydrogens is 288 g/mol. The molecule has 0 saturated carbocycles. The highest BCUT2D eigenvalue weighted by molar-refractivity contribution is 7.80. The first-order valence-corrected chi connectivity index (χ1v) is 6.63. The van der Waals surface area contributed by atoms with Crippen molar-refractivity contribution in [3.05, 3.63) is 36.2 Å². The van der Waals surface area contributed by atoms with Crippen LogP contribution in [-0.4, -0.2) is 29.3 Å². The summed E-state index contributed by atoms with van der Waals surface area (Å²) < 4.78 is 10.5. The minimum Gasteiger partial charge on any atom is -0.497 e. The molecule has 0 unspecified atom stereocenters. The van der Waals surface area contributed by atoms with Gasteiger partial charge in [0.25, 0.3) is 0 Å². The van der Waals surface area contributed by atoms with Crippen LogP contribution in [0.25, 0.3) is 0 Å². The summed E-state index contributed by atoms with van der Waals surface area (Å²) in [6.45, 7) is 1.88. The van der Waals surface area contributed by atoms with E-state index in [4.69, 9.17) is 21.7 Å². The lowest BCUT2D eigenvalue weighted by atomic mass is 10.2. The third kappa shape index (κ3) is 4.03. The topological polar surface area (TPSA) is 68.3 Å². The van der Waals surface area contributed by atoms with Crippen molar-refractivity contribution in [3.63, 3.8) is 0 Å². The van der Waals surface area contributed by atoms with Crippen molar-refractivity contribution >= 4 is 29.0 Å². The highest BCUT2D eigenvalue weighted by atomic mass is 32.1. The maximum Gasteiger partial charge on any atom is 0.229 e. The van der Waals surface area contributed by atoms with E-state index < -0.39 is 0 Å². The predicted octanol–water partition coefficient (Wildman–Crippen LogP) is 2.61. The lowest BCUT2D eigenvalue weighted by Gasteiger charge is -2.13. The van der Waals surface area contributed by atoms with Crippen LogP contribution in [0, 0.1) is 6.92 Å². The number of rotatable bonds is 4. The Morgan fingerprint density at radius 2 is 1.95 bits per heavy atom. The van der Waals surface area contributed by atoms with E-state index in [1.165, 1.54) is 0 Å². The van der Waals surface area contributed by atoms with E-state index in [2.05, 4.69) is 20.6 Å². The molecule has 0 spiro atoms. The molecule has 0 aliphatic rings. The number of nitrogens with one attached hydrogen (secondary N) is 2.